The van der Waals surface area contributed by atoms with Crippen molar-refractivity contribution in [3.8, 4) is 5.69 Å². The van der Waals surface area contributed by atoms with E-state index in [1.165, 1.54) is 0 Å². The van der Waals surface area contributed by atoms with Crippen molar-refractivity contribution in [2.24, 2.45) is 0 Å². The molecule has 78 valence electrons. The van der Waals surface area contributed by atoms with Gasteiger partial charge in [0.05, 0.1) is 11.4 Å². The van der Waals surface area contributed by atoms with Crippen LogP contribution in [0.5, 0.6) is 0 Å². The van der Waals surface area contributed by atoms with E-state index >= 15 is 0 Å². The second-order valence-corrected chi connectivity index (χ2v) is 3.55. The molecule has 0 atom stereocenters. The van der Waals surface area contributed by atoms with Crippen LogP contribution < -0.4 is 5.73 Å². The topological polar surface area (TPSA) is 56.7 Å². The van der Waals surface area contributed by atoms with Crippen LogP contribution >= 0.6 is 0 Å². The van der Waals surface area contributed by atoms with Crippen molar-refractivity contribution in [3.05, 3.63) is 49.1 Å². The van der Waals surface area contributed by atoms with Gasteiger partial charge >= 0.3 is 0 Å². The van der Waals surface area contributed by atoms with Gasteiger partial charge in [0.1, 0.15) is 0 Å². The van der Waals surface area contributed by atoms with E-state index in [2.05, 4.69) is 10.1 Å². The Balaban J connectivity index is 2.32. The minimum absolute atomic E-state index is 0.726. The molecular weight excluding hydrogens is 200 g/mol. The molecule has 0 bridgehead atoms. The molecule has 0 fully saturated rings. The predicted molar refractivity (Wildman–Crippen MR) is 63.3 cm³/mol. The minimum atomic E-state index is 0.726. The highest BCUT2D eigenvalue weighted by Crippen LogP contribution is 2.26. The fraction of sp³-hybridized carbons (Fsp3) is 0. The van der Waals surface area contributed by atoms with Crippen LogP contribution in [0.3, 0.4) is 0 Å². The summed E-state index contributed by atoms with van der Waals surface area (Å²) in [6, 6.07) is 7.73. The number of hydrogen-bond acceptors (Lipinski definition) is 3. The zero-order valence-electron chi connectivity index (χ0n) is 8.54. The van der Waals surface area contributed by atoms with Crippen LogP contribution in [-0.2, 0) is 0 Å². The first kappa shape index (κ1) is 8.91. The summed E-state index contributed by atoms with van der Waals surface area (Å²) in [4.78, 5) is 4.07. The highest BCUT2D eigenvalue weighted by atomic mass is 15.3. The van der Waals surface area contributed by atoms with E-state index in [9.17, 15) is 0 Å². The molecule has 16 heavy (non-hydrogen) atoms. The monoisotopic (exact) mass is 210 g/mol. The molecular formula is C12H10N4. The largest absolute Gasteiger partial charge is 0.396 e. The highest BCUT2D eigenvalue weighted by Gasteiger charge is 2.05. The SMILES string of the molecule is Nc1c(-n2cccn2)ccc2cnccc12. The molecule has 0 unspecified atom stereocenters. The molecule has 2 heterocycles. The van der Waals surface area contributed by atoms with Gasteiger partial charge in [0.2, 0.25) is 0 Å². The second-order valence-electron chi connectivity index (χ2n) is 3.55. The molecule has 0 amide bonds. The molecule has 0 aliphatic carbocycles. The number of nitrogens with two attached hydrogens (primary N) is 1. The maximum atomic E-state index is 6.12. The molecule has 2 aromatic heterocycles. The third kappa shape index (κ3) is 1.24. The molecule has 0 saturated heterocycles. The van der Waals surface area contributed by atoms with Gasteiger partial charge in [-0.05, 0) is 18.2 Å². The summed E-state index contributed by atoms with van der Waals surface area (Å²) in [5, 5.41) is 6.22. The molecule has 0 saturated carbocycles. The number of pyridine rings is 1. The lowest BCUT2D eigenvalue weighted by Gasteiger charge is -2.08. The van der Waals surface area contributed by atoms with Gasteiger partial charge in [-0.25, -0.2) is 4.68 Å². The van der Waals surface area contributed by atoms with Crippen molar-refractivity contribution in [1.82, 2.24) is 14.8 Å². The molecule has 0 aliphatic rings. The van der Waals surface area contributed by atoms with Gasteiger partial charge in [-0.3, -0.25) is 4.98 Å². The summed E-state index contributed by atoms with van der Waals surface area (Å²) < 4.78 is 1.76. The lowest BCUT2D eigenvalue weighted by atomic mass is 10.1. The standard InChI is InChI=1S/C12H10N4/c13-12-10-4-6-14-8-9(10)2-3-11(12)16-7-1-5-15-16/h1-8H,13H2. The van der Waals surface area contributed by atoms with Gasteiger partial charge in [0, 0.05) is 35.6 Å². The first-order valence-electron chi connectivity index (χ1n) is 4.98. The molecule has 0 spiro atoms. The number of nitrogen functional groups attached to an aromatic ring is 1. The quantitative estimate of drug-likeness (QED) is 0.625. The molecule has 3 aromatic rings. The van der Waals surface area contributed by atoms with Gasteiger partial charge in [-0.2, -0.15) is 5.10 Å². The van der Waals surface area contributed by atoms with E-state index < -0.39 is 0 Å². The number of fused-ring (bicyclic) bond motifs is 1. The Morgan fingerprint density at radius 1 is 1.12 bits per heavy atom. The fourth-order valence-electron chi connectivity index (χ4n) is 1.79. The maximum Gasteiger partial charge on any atom is 0.0881 e. The highest BCUT2D eigenvalue weighted by molar-refractivity contribution is 5.96. The molecule has 2 N–H and O–H groups in total. The zero-order valence-corrected chi connectivity index (χ0v) is 8.54. The first-order valence-corrected chi connectivity index (χ1v) is 4.98. The summed E-state index contributed by atoms with van der Waals surface area (Å²) in [5.74, 6) is 0. The Bertz CT molecular complexity index is 629. The summed E-state index contributed by atoms with van der Waals surface area (Å²) in [6.07, 6.45) is 7.15. The molecule has 4 heteroatoms. The smallest absolute Gasteiger partial charge is 0.0881 e. The predicted octanol–water partition coefficient (Wildman–Crippen LogP) is 2.00. The number of nitrogens with zero attached hydrogens (tertiary/aromatic N) is 3. The minimum Gasteiger partial charge on any atom is -0.396 e. The van der Waals surface area contributed by atoms with Crippen LogP contribution in [-0.4, -0.2) is 14.8 Å². The van der Waals surface area contributed by atoms with E-state index in [4.69, 9.17) is 5.73 Å². The van der Waals surface area contributed by atoms with Crippen LogP contribution in [0.1, 0.15) is 0 Å². The molecule has 3 rings (SSSR count). The summed E-state index contributed by atoms with van der Waals surface area (Å²) >= 11 is 0. The second kappa shape index (κ2) is 3.34. The molecule has 0 radical (unpaired) electrons. The van der Waals surface area contributed by atoms with Crippen molar-refractivity contribution in [3.63, 3.8) is 0 Å². The first-order chi connectivity index (χ1) is 7.86. The normalized spacial score (nSPS) is 10.8. The van der Waals surface area contributed by atoms with Crippen molar-refractivity contribution < 1.29 is 0 Å². The van der Waals surface area contributed by atoms with Crippen molar-refractivity contribution >= 4 is 16.5 Å². The van der Waals surface area contributed by atoms with Crippen LogP contribution in [0.4, 0.5) is 5.69 Å². The number of aromatic nitrogens is 3. The average Bonchev–Trinajstić information content (AvgIpc) is 2.83. The molecule has 4 nitrogen and oxygen atoms in total. The van der Waals surface area contributed by atoms with Gasteiger partial charge in [-0.15, -0.1) is 0 Å². The maximum absolute atomic E-state index is 6.12. The van der Waals surface area contributed by atoms with E-state index in [1.807, 2.05) is 30.5 Å². The Labute approximate surface area is 92.3 Å². The lowest BCUT2D eigenvalue weighted by molar-refractivity contribution is 0.884. The number of hydrogen-bond donors (Lipinski definition) is 1. The van der Waals surface area contributed by atoms with Crippen LogP contribution in [0, 0.1) is 0 Å². The fourth-order valence-corrected chi connectivity index (χ4v) is 1.79. The number of rotatable bonds is 1. The average molecular weight is 210 g/mol. The van der Waals surface area contributed by atoms with E-state index in [1.54, 1.807) is 23.3 Å². The third-order valence-electron chi connectivity index (χ3n) is 2.59. The van der Waals surface area contributed by atoms with Crippen molar-refractivity contribution in [2.45, 2.75) is 0 Å². The van der Waals surface area contributed by atoms with Crippen molar-refractivity contribution in [2.75, 3.05) is 5.73 Å². The van der Waals surface area contributed by atoms with Crippen LogP contribution in [0.25, 0.3) is 16.5 Å². The summed E-state index contributed by atoms with van der Waals surface area (Å²) in [5.41, 5.74) is 7.74. The summed E-state index contributed by atoms with van der Waals surface area (Å²) in [7, 11) is 0. The number of anilines is 1. The van der Waals surface area contributed by atoms with Gasteiger partial charge in [0.15, 0.2) is 0 Å². The Kier molecular flexibility index (Phi) is 1.86. The van der Waals surface area contributed by atoms with Gasteiger partial charge in [0.25, 0.3) is 0 Å². The molecule has 0 aliphatic heterocycles. The van der Waals surface area contributed by atoms with E-state index in [-0.39, 0.29) is 0 Å². The van der Waals surface area contributed by atoms with Gasteiger partial charge < -0.3 is 5.73 Å². The Morgan fingerprint density at radius 3 is 2.88 bits per heavy atom. The Hall–Kier alpha value is -2.36. The third-order valence-corrected chi connectivity index (χ3v) is 2.59. The van der Waals surface area contributed by atoms with Crippen LogP contribution in [0.2, 0.25) is 0 Å². The van der Waals surface area contributed by atoms with Crippen molar-refractivity contribution in [1.29, 1.82) is 0 Å². The molecule has 1 aromatic carbocycles. The summed E-state index contributed by atoms with van der Waals surface area (Å²) in [6.45, 7) is 0. The van der Waals surface area contributed by atoms with Crippen LogP contribution in [0.15, 0.2) is 49.1 Å². The number of benzene rings is 1. The van der Waals surface area contributed by atoms with E-state index in [0.717, 1.165) is 22.1 Å². The van der Waals surface area contributed by atoms with Gasteiger partial charge in [-0.1, -0.05) is 6.07 Å². The van der Waals surface area contributed by atoms with E-state index in [0.29, 0.717) is 0 Å². The Morgan fingerprint density at radius 2 is 2.06 bits per heavy atom. The zero-order chi connectivity index (χ0) is 11.0. The lowest BCUT2D eigenvalue weighted by Crippen LogP contribution is -2.00.